The van der Waals surface area contributed by atoms with Crippen molar-refractivity contribution < 1.29 is 4.79 Å². The van der Waals surface area contributed by atoms with Crippen molar-refractivity contribution in [3.8, 4) is 0 Å². The van der Waals surface area contributed by atoms with Crippen LogP contribution < -0.4 is 5.32 Å². The molecule has 0 spiro atoms. The van der Waals surface area contributed by atoms with E-state index in [9.17, 15) is 4.79 Å². The number of rotatable bonds is 4. The molecule has 1 heterocycles. The van der Waals surface area contributed by atoms with Crippen LogP contribution in [0.15, 0.2) is 59.5 Å². The molecule has 1 aliphatic heterocycles. The van der Waals surface area contributed by atoms with Crippen LogP contribution in [0.1, 0.15) is 42.9 Å². The van der Waals surface area contributed by atoms with Crippen molar-refractivity contribution in [3.05, 3.63) is 65.7 Å². The molecule has 1 amide bonds. The fourth-order valence-electron chi connectivity index (χ4n) is 2.92. The number of hydrogen-bond donors (Lipinski definition) is 1. The van der Waals surface area contributed by atoms with Gasteiger partial charge in [0.1, 0.15) is 0 Å². The first-order chi connectivity index (χ1) is 10.7. The van der Waals surface area contributed by atoms with Gasteiger partial charge >= 0.3 is 0 Å². The van der Waals surface area contributed by atoms with Crippen LogP contribution in [0.5, 0.6) is 0 Å². The number of carbonyl (C=O) groups is 1. The van der Waals surface area contributed by atoms with E-state index in [1.54, 1.807) is 0 Å². The van der Waals surface area contributed by atoms with Gasteiger partial charge in [-0.1, -0.05) is 55.5 Å². The highest BCUT2D eigenvalue weighted by molar-refractivity contribution is 7.99. The van der Waals surface area contributed by atoms with Crippen LogP contribution in [0, 0.1) is 0 Å². The zero-order valence-electron chi connectivity index (χ0n) is 12.8. The van der Waals surface area contributed by atoms with E-state index in [4.69, 9.17) is 0 Å². The second-order valence-corrected chi connectivity index (χ2v) is 6.95. The van der Waals surface area contributed by atoms with Gasteiger partial charge in [-0.3, -0.25) is 4.79 Å². The van der Waals surface area contributed by atoms with E-state index >= 15 is 0 Å². The molecule has 1 N–H and O–H groups in total. The van der Waals surface area contributed by atoms with Gasteiger partial charge in [-0.15, -0.1) is 11.8 Å². The summed E-state index contributed by atoms with van der Waals surface area (Å²) >= 11 is 1.88. The Morgan fingerprint density at radius 3 is 2.73 bits per heavy atom. The summed E-state index contributed by atoms with van der Waals surface area (Å²) in [5, 5.41) is 3.22. The second-order valence-electron chi connectivity index (χ2n) is 5.81. The molecule has 2 aromatic rings. The van der Waals surface area contributed by atoms with Crippen LogP contribution in [0.2, 0.25) is 0 Å². The second kappa shape index (κ2) is 7.01. The third kappa shape index (κ3) is 3.53. The van der Waals surface area contributed by atoms with Gasteiger partial charge in [0, 0.05) is 17.1 Å². The molecule has 114 valence electrons. The van der Waals surface area contributed by atoms with Crippen LogP contribution in [0.4, 0.5) is 0 Å². The minimum Gasteiger partial charge on any atom is -0.349 e. The van der Waals surface area contributed by atoms with E-state index < -0.39 is 0 Å². The molecule has 1 aliphatic rings. The molecular weight excluding hydrogens is 290 g/mol. The summed E-state index contributed by atoms with van der Waals surface area (Å²) < 4.78 is 0. The molecule has 2 atom stereocenters. The van der Waals surface area contributed by atoms with Gasteiger partial charge in [-0.25, -0.2) is 0 Å². The van der Waals surface area contributed by atoms with Gasteiger partial charge in [0.05, 0.1) is 6.04 Å². The Balaban J connectivity index is 1.63. The van der Waals surface area contributed by atoms with E-state index in [-0.39, 0.29) is 17.9 Å². The molecule has 3 rings (SSSR count). The zero-order chi connectivity index (χ0) is 15.4. The Morgan fingerprint density at radius 2 is 1.91 bits per heavy atom. The minimum atomic E-state index is 0.142. The van der Waals surface area contributed by atoms with Crippen LogP contribution in [-0.2, 0) is 4.79 Å². The van der Waals surface area contributed by atoms with Crippen LogP contribution in [0.25, 0.3) is 0 Å². The molecule has 22 heavy (non-hydrogen) atoms. The standard InChI is InChI=1S/C19H21NOS/c1-14(15-7-3-2-4-8-15)13-19(21)20-17-11-12-22-18-10-6-5-9-16(17)18/h2-10,14,17H,11-13H2,1H3,(H,20,21)/t14-,17-/m1/s1. The lowest BCUT2D eigenvalue weighted by Gasteiger charge is -2.26. The molecule has 0 saturated heterocycles. The minimum absolute atomic E-state index is 0.142. The molecule has 0 aliphatic carbocycles. The van der Waals surface area contributed by atoms with Gasteiger partial charge in [0.15, 0.2) is 0 Å². The highest BCUT2D eigenvalue weighted by Gasteiger charge is 2.22. The highest BCUT2D eigenvalue weighted by atomic mass is 32.2. The smallest absolute Gasteiger partial charge is 0.221 e. The molecule has 0 unspecified atom stereocenters. The maximum Gasteiger partial charge on any atom is 0.221 e. The Bertz CT molecular complexity index is 641. The van der Waals surface area contributed by atoms with Gasteiger partial charge in [0.2, 0.25) is 5.91 Å². The van der Waals surface area contributed by atoms with Crippen LogP contribution in [0.3, 0.4) is 0 Å². The molecule has 0 aromatic heterocycles. The van der Waals surface area contributed by atoms with Crippen molar-refractivity contribution in [3.63, 3.8) is 0 Å². The number of carbonyl (C=O) groups excluding carboxylic acids is 1. The number of nitrogens with one attached hydrogen (secondary N) is 1. The highest BCUT2D eigenvalue weighted by Crippen LogP contribution is 2.36. The molecule has 2 aromatic carbocycles. The summed E-state index contributed by atoms with van der Waals surface area (Å²) in [5.74, 6) is 1.45. The lowest BCUT2D eigenvalue weighted by atomic mass is 9.97. The lowest BCUT2D eigenvalue weighted by Crippen LogP contribution is -2.31. The van der Waals surface area contributed by atoms with Crippen molar-refractivity contribution >= 4 is 17.7 Å². The fraction of sp³-hybridized carbons (Fsp3) is 0.316. The summed E-state index contributed by atoms with van der Waals surface area (Å²) in [6.45, 7) is 2.11. The average molecular weight is 311 g/mol. The van der Waals surface area contributed by atoms with Crippen molar-refractivity contribution in [2.24, 2.45) is 0 Å². The number of hydrogen-bond acceptors (Lipinski definition) is 2. The van der Waals surface area contributed by atoms with Gasteiger partial charge in [0.25, 0.3) is 0 Å². The summed E-state index contributed by atoms with van der Waals surface area (Å²) in [6.07, 6.45) is 1.54. The molecule has 0 fully saturated rings. The predicted molar refractivity (Wildman–Crippen MR) is 92.1 cm³/mol. The van der Waals surface area contributed by atoms with E-state index in [1.807, 2.05) is 30.0 Å². The van der Waals surface area contributed by atoms with E-state index in [2.05, 4.69) is 48.6 Å². The average Bonchev–Trinajstić information content (AvgIpc) is 2.56. The Labute approximate surface area is 136 Å². The van der Waals surface area contributed by atoms with Gasteiger partial charge < -0.3 is 5.32 Å². The first-order valence-electron chi connectivity index (χ1n) is 7.80. The normalized spacial score (nSPS) is 18.3. The number of amides is 1. The Hall–Kier alpha value is -1.74. The first-order valence-corrected chi connectivity index (χ1v) is 8.78. The third-order valence-electron chi connectivity index (χ3n) is 4.15. The number of benzene rings is 2. The van der Waals surface area contributed by atoms with Crippen molar-refractivity contribution in [1.29, 1.82) is 0 Å². The predicted octanol–water partition coefficient (Wildman–Crippen LogP) is 4.53. The zero-order valence-corrected chi connectivity index (χ0v) is 13.6. The van der Waals surface area contributed by atoms with Crippen molar-refractivity contribution in [2.45, 2.75) is 36.6 Å². The lowest BCUT2D eigenvalue weighted by molar-refractivity contribution is -0.122. The van der Waals surface area contributed by atoms with E-state index in [0.29, 0.717) is 6.42 Å². The SMILES string of the molecule is C[C@H](CC(=O)N[C@@H]1CCSc2ccccc21)c1ccccc1. The molecule has 0 bridgehead atoms. The summed E-state index contributed by atoms with van der Waals surface area (Å²) in [4.78, 5) is 13.7. The number of thioether (sulfide) groups is 1. The first kappa shape index (κ1) is 15.2. The third-order valence-corrected chi connectivity index (χ3v) is 5.28. The molecule has 3 heteroatoms. The van der Waals surface area contributed by atoms with Crippen LogP contribution in [-0.4, -0.2) is 11.7 Å². The summed E-state index contributed by atoms with van der Waals surface area (Å²) in [5.41, 5.74) is 2.48. The molecule has 2 nitrogen and oxygen atoms in total. The monoisotopic (exact) mass is 311 g/mol. The quantitative estimate of drug-likeness (QED) is 0.898. The maximum absolute atomic E-state index is 12.4. The summed E-state index contributed by atoms with van der Waals surface area (Å²) in [6, 6.07) is 18.8. The maximum atomic E-state index is 12.4. The van der Waals surface area contributed by atoms with Gasteiger partial charge in [-0.2, -0.15) is 0 Å². The fourth-order valence-corrected chi connectivity index (χ4v) is 4.05. The summed E-state index contributed by atoms with van der Waals surface area (Å²) in [7, 11) is 0. The van der Waals surface area contributed by atoms with Crippen LogP contribution >= 0.6 is 11.8 Å². The van der Waals surface area contributed by atoms with Crippen molar-refractivity contribution in [1.82, 2.24) is 5.32 Å². The van der Waals surface area contributed by atoms with E-state index in [1.165, 1.54) is 16.0 Å². The molecule has 0 radical (unpaired) electrons. The number of fused-ring (bicyclic) bond motifs is 1. The Kier molecular flexibility index (Phi) is 4.84. The largest absolute Gasteiger partial charge is 0.349 e. The molecule has 0 saturated carbocycles. The van der Waals surface area contributed by atoms with E-state index in [0.717, 1.165) is 12.2 Å². The van der Waals surface area contributed by atoms with Gasteiger partial charge in [-0.05, 0) is 29.5 Å². The Morgan fingerprint density at radius 1 is 1.18 bits per heavy atom. The topological polar surface area (TPSA) is 29.1 Å². The van der Waals surface area contributed by atoms with Crippen molar-refractivity contribution in [2.75, 3.05) is 5.75 Å². The molecular formula is C19H21NOS.